The molecule has 0 aliphatic rings. The van der Waals surface area contributed by atoms with Gasteiger partial charge in [0, 0.05) is 4.47 Å². The molecule has 1 atom stereocenters. The van der Waals surface area contributed by atoms with Gasteiger partial charge in [0.2, 0.25) is 5.91 Å². The molecule has 1 aromatic rings. The first-order valence-corrected chi connectivity index (χ1v) is 6.48. The molecule has 0 aliphatic carbocycles. The summed E-state index contributed by atoms with van der Waals surface area (Å²) in [5.41, 5.74) is 4.96. The Morgan fingerprint density at radius 3 is 2.20 bits per heavy atom. The average molecular weight is 292 g/mol. The first-order chi connectivity index (χ1) is 6.85. The van der Waals surface area contributed by atoms with Crippen LogP contribution in [0.4, 0.5) is 0 Å². The lowest BCUT2D eigenvalue weighted by Gasteiger charge is -2.08. The lowest BCUT2D eigenvalue weighted by atomic mass is 10.4. The van der Waals surface area contributed by atoms with Crippen molar-refractivity contribution in [1.29, 1.82) is 0 Å². The van der Waals surface area contributed by atoms with Crippen LogP contribution in [0.15, 0.2) is 33.6 Å². The van der Waals surface area contributed by atoms with Gasteiger partial charge in [0.05, 0.1) is 4.90 Å². The zero-order valence-corrected chi connectivity index (χ0v) is 10.4. The summed E-state index contributed by atoms with van der Waals surface area (Å²) in [7, 11) is -3.65. The third-order valence-electron chi connectivity index (χ3n) is 2.01. The van der Waals surface area contributed by atoms with E-state index in [0.717, 1.165) is 4.47 Å². The van der Waals surface area contributed by atoms with Crippen molar-refractivity contribution in [1.82, 2.24) is 0 Å². The maximum absolute atomic E-state index is 11.8. The number of primary amides is 1. The SMILES string of the molecule is C[C@H](C(N)=O)S(=O)(=O)c1ccc(Br)cc1. The van der Waals surface area contributed by atoms with Gasteiger partial charge in [-0.25, -0.2) is 8.42 Å². The number of halogens is 1. The second-order valence-corrected chi connectivity index (χ2v) is 6.23. The highest BCUT2D eigenvalue weighted by Crippen LogP contribution is 2.18. The number of rotatable bonds is 3. The van der Waals surface area contributed by atoms with Gasteiger partial charge in [-0.1, -0.05) is 15.9 Å². The predicted molar refractivity (Wildman–Crippen MR) is 60.0 cm³/mol. The van der Waals surface area contributed by atoms with Crippen LogP contribution in [0.5, 0.6) is 0 Å². The number of benzene rings is 1. The first kappa shape index (κ1) is 12.2. The molecule has 0 aliphatic heterocycles. The van der Waals surface area contributed by atoms with Gasteiger partial charge in [-0.2, -0.15) is 0 Å². The highest BCUT2D eigenvalue weighted by molar-refractivity contribution is 9.10. The zero-order valence-electron chi connectivity index (χ0n) is 7.98. The van der Waals surface area contributed by atoms with Crippen LogP contribution < -0.4 is 5.73 Å². The number of carbonyl (C=O) groups is 1. The molecule has 0 bridgehead atoms. The van der Waals surface area contributed by atoms with Crippen molar-refractivity contribution in [2.75, 3.05) is 0 Å². The summed E-state index contributed by atoms with van der Waals surface area (Å²) in [6.07, 6.45) is 0. The van der Waals surface area contributed by atoms with Gasteiger partial charge in [-0.15, -0.1) is 0 Å². The molecule has 0 spiro atoms. The molecule has 6 heteroatoms. The lowest BCUT2D eigenvalue weighted by molar-refractivity contribution is -0.117. The minimum absolute atomic E-state index is 0.0944. The number of carbonyl (C=O) groups excluding carboxylic acids is 1. The van der Waals surface area contributed by atoms with Gasteiger partial charge < -0.3 is 5.73 Å². The zero-order chi connectivity index (χ0) is 11.6. The molecule has 82 valence electrons. The monoisotopic (exact) mass is 291 g/mol. The predicted octanol–water partition coefficient (Wildman–Crippen LogP) is 1.10. The smallest absolute Gasteiger partial charge is 0.235 e. The molecule has 4 nitrogen and oxygen atoms in total. The van der Waals surface area contributed by atoms with Crippen molar-refractivity contribution in [3.8, 4) is 0 Å². The quantitative estimate of drug-likeness (QED) is 0.906. The molecule has 1 amide bonds. The van der Waals surface area contributed by atoms with Gasteiger partial charge in [0.15, 0.2) is 9.84 Å². The van der Waals surface area contributed by atoms with Crippen LogP contribution in [-0.2, 0) is 14.6 Å². The molecule has 0 unspecified atom stereocenters. The van der Waals surface area contributed by atoms with E-state index in [0.29, 0.717) is 0 Å². The van der Waals surface area contributed by atoms with E-state index >= 15 is 0 Å². The minimum atomic E-state index is -3.65. The molecular formula is C9H10BrNO3S. The normalized spacial score (nSPS) is 13.5. The molecule has 15 heavy (non-hydrogen) atoms. The summed E-state index contributed by atoms with van der Waals surface area (Å²) in [5.74, 6) is -0.849. The second-order valence-electron chi connectivity index (χ2n) is 3.04. The van der Waals surface area contributed by atoms with Crippen molar-refractivity contribution < 1.29 is 13.2 Å². The summed E-state index contributed by atoms with van der Waals surface area (Å²) in [6.45, 7) is 1.28. The van der Waals surface area contributed by atoms with Crippen LogP contribution in [-0.4, -0.2) is 19.6 Å². The topological polar surface area (TPSA) is 77.2 Å². The molecule has 0 saturated carbocycles. The Hall–Kier alpha value is -0.880. The van der Waals surface area contributed by atoms with Gasteiger partial charge in [0.25, 0.3) is 0 Å². The Labute approximate surface area is 96.5 Å². The molecule has 0 fully saturated rings. The largest absolute Gasteiger partial charge is 0.369 e. The van der Waals surface area contributed by atoms with E-state index in [4.69, 9.17) is 5.73 Å². The molecule has 0 aromatic heterocycles. The fraction of sp³-hybridized carbons (Fsp3) is 0.222. The van der Waals surface area contributed by atoms with Crippen molar-refractivity contribution in [3.05, 3.63) is 28.7 Å². The van der Waals surface area contributed by atoms with E-state index in [9.17, 15) is 13.2 Å². The van der Waals surface area contributed by atoms with E-state index in [1.165, 1.54) is 19.1 Å². The van der Waals surface area contributed by atoms with Crippen molar-refractivity contribution in [2.45, 2.75) is 17.1 Å². The Kier molecular flexibility index (Phi) is 3.51. The summed E-state index contributed by atoms with van der Waals surface area (Å²) in [4.78, 5) is 10.9. The van der Waals surface area contributed by atoms with Gasteiger partial charge in [-0.3, -0.25) is 4.79 Å². The van der Waals surface area contributed by atoms with Crippen LogP contribution in [0.1, 0.15) is 6.92 Å². The van der Waals surface area contributed by atoms with Gasteiger partial charge >= 0.3 is 0 Å². The van der Waals surface area contributed by atoms with E-state index < -0.39 is 21.0 Å². The summed E-state index contributed by atoms with van der Waals surface area (Å²) >= 11 is 3.19. The maximum Gasteiger partial charge on any atom is 0.235 e. The standard InChI is InChI=1S/C9H10BrNO3S/c1-6(9(11)12)15(13,14)8-4-2-7(10)3-5-8/h2-6H,1H3,(H2,11,12)/t6-/m1/s1. The van der Waals surface area contributed by atoms with Crippen molar-refractivity contribution in [2.24, 2.45) is 5.73 Å². The van der Waals surface area contributed by atoms with Crippen molar-refractivity contribution >= 4 is 31.7 Å². The lowest BCUT2D eigenvalue weighted by Crippen LogP contribution is -2.33. The van der Waals surface area contributed by atoms with Crippen LogP contribution in [0.25, 0.3) is 0 Å². The van der Waals surface area contributed by atoms with Crippen LogP contribution in [0.2, 0.25) is 0 Å². The van der Waals surface area contributed by atoms with E-state index in [1.807, 2.05) is 0 Å². The highest BCUT2D eigenvalue weighted by Gasteiger charge is 2.27. The summed E-state index contributed by atoms with van der Waals surface area (Å²) in [6, 6.07) is 6.05. The minimum Gasteiger partial charge on any atom is -0.369 e. The third kappa shape index (κ3) is 2.57. The van der Waals surface area contributed by atoms with E-state index in [-0.39, 0.29) is 4.90 Å². The Balaban J connectivity index is 3.17. The third-order valence-corrected chi connectivity index (χ3v) is 4.63. The fourth-order valence-corrected chi connectivity index (χ4v) is 2.48. The molecule has 1 aromatic carbocycles. The number of hydrogen-bond donors (Lipinski definition) is 1. The van der Waals surface area contributed by atoms with E-state index in [1.54, 1.807) is 12.1 Å². The van der Waals surface area contributed by atoms with Gasteiger partial charge in [-0.05, 0) is 31.2 Å². The number of amides is 1. The Bertz CT molecular complexity index is 467. The van der Waals surface area contributed by atoms with Crippen molar-refractivity contribution in [3.63, 3.8) is 0 Å². The summed E-state index contributed by atoms with van der Waals surface area (Å²) < 4.78 is 24.3. The molecule has 2 N–H and O–H groups in total. The van der Waals surface area contributed by atoms with Crippen LogP contribution >= 0.6 is 15.9 Å². The molecule has 0 saturated heterocycles. The molecule has 0 heterocycles. The summed E-state index contributed by atoms with van der Waals surface area (Å²) in [5, 5.41) is -1.21. The maximum atomic E-state index is 11.8. The highest BCUT2D eigenvalue weighted by atomic mass is 79.9. The van der Waals surface area contributed by atoms with Crippen LogP contribution in [0, 0.1) is 0 Å². The number of nitrogens with two attached hydrogens (primary N) is 1. The Morgan fingerprint density at radius 1 is 1.33 bits per heavy atom. The number of hydrogen-bond acceptors (Lipinski definition) is 3. The molecule has 0 radical (unpaired) electrons. The first-order valence-electron chi connectivity index (χ1n) is 4.14. The fourth-order valence-electron chi connectivity index (χ4n) is 0.981. The molecule has 1 rings (SSSR count). The second kappa shape index (κ2) is 4.32. The molecular weight excluding hydrogens is 282 g/mol. The Morgan fingerprint density at radius 2 is 1.80 bits per heavy atom. The van der Waals surface area contributed by atoms with Crippen LogP contribution in [0.3, 0.4) is 0 Å². The number of sulfone groups is 1. The van der Waals surface area contributed by atoms with E-state index in [2.05, 4.69) is 15.9 Å². The average Bonchev–Trinajstić information content (AvgIpc) is 2.17. The van der Waals surface area contributed by atoms with Gasteiger partial charge in [0.1, 0.15) is 5.25 Å².